The summed E-state index contributed by atoms with van der Waals surface area (Å²) in [6.45, 7) is 0. The predicted molar refractivity (Wildman–Crippen MR) is 32.8 cm³/mol. The molecule has 60 valence electrons. The third-order valence-corrected chi connectivity index (χ3v) is 1.91. The van der Waals surface area contributed by atoms with Crippen LogP contribution in [0, 0.1) is 0 Å². The van der Waals surface area contributed by atoms with Crippen molar-refractivity contribution in [3.8, 4) is 0 Å². The second kappa shape index (κ2) is 2.43. The fourth-order valence-electron chi connectivity index (χ4n) is 1.17. The van der Waals surface area contributed by atoms with Gasteiger partial charge in [0, 0.05) is 6.42 Å². The Labute approximate surface area is 58.0 Å². The van der Waals surface area contributed by atoms with E-state index in [0.717, 1.165) is 0 Å². The fourth-order valence-corrected chi connectivity index (χ4v) is 1.17. The van der Waals surface area contributed by atoms with E-state index in [9.17, 15) is 8.78 Å². The number of aliphatic hydroxyl groups is 1. The quantitative estimate of drug-likeness (QED) is 0.529. The molecule has 0 aromatic heterocycles. The molecule has 0 aromatic rings. The first kappa shape index (κ1) is 7.88. The van der Waals surface area contributed by atoms with Crippen LogP contribution in [0.1, 0.15) is 19.3 Å². The number of rotatable bonds is 0. The summed E-state index contributed by atoms with van der Waals surface area (Å²) in [5, 5.41) is 8.91. The molecule has 0 bridgehead atoms. The van der Waals surface area contributed by atoms with Crippen molar-refractivity contribution >= 4 is 0 Å². The summed E-state index contributed by atoms with van der Waals surface area (Å²) >= 11 is 0. The van der Waals surface area contributed by atoms with Crippen molar-refractivity contribution in [1.82, 2.24) is 0 Å². The molecule has 0 aliphatic heterocycles. The third kappa shape index (κ3) is 1.27. The molecule has 3 N–H and O–H groups in total. The van der Waals surface area contributed by atoms with Gasteiger partial charge in [0.25, 0.3) is 5.92 Å². The molecule has 0 radical (unpaired) electrons. The van der Waals surface area contributed by atoms with Crippen LogP contribution in [0.5, 0.6) is 0 Å². The minimum Gasteiger partial charge on any atom is -0.391 e. The monoisotopic (exact) mass is 151 g/mol. The molecule has 1 rings (SSSR count). The molecular weight excluding hydrogens is 140 g/mol. The van der Waals surface area contributed by atoms with Gasteiger partial charge in [-0.2, -0.15) is 0 Å². The Hall–Kier alpha value is -0.220. The third-order valence-electron chi connectivity index (χ3n) is 1.91. The molecular formula is C6H11F2NO. The maximum atomic E-state index is 12.6. The Kier molecular flexibility index (Phi) is 1.92. The molecule has 0 aromatic carbocycles. The van der Waals surface area contributed by atoms with E-state index >= 15 is 0 Å². The van der Waals surface area contributed by atoms with Gasteiger partial charge in [0.2, 0.25) is 0 Å². The van der Waals surface area contributed by atoms with E-state index in [1.54, 1.807) is 0 Å². The first-order valence-electron chi connectivity index (χ1n) is 3.35. The average Bonchev–Trinajstić information content (AvgIpc) is 1.83. The standard InChI is InChI=1S/C6H11F2NO/c7-6(8)3-1-2-4(10)5(6)9/h4-5,10H,1-3,9H2/t4-,5-/m1/s1. The summed E-state index contributed by atoms with van der Waals surface area (Å²) in [7, 11) is 0. The van der Waals surface area contributed by atoms with Crippen LogP contribution in [-0.2, 0) is 0 Å². The van der Waals surface area contributed by atoms with Gasteiger partial charge in [-0.3, -0.25) is 0 Å². The van der Waals surface area contributed by atoms with Crippen molar-refractivity contribution < 1.29 is 13.9 Å². The summed E-state index contributed by atoms with van der Waals surface area (Å²) in [5.41, 5.74) is 5.06. The summed E-state index contributed by atoms with van der Waals surface area (Å²) in [5.74, 6) is -2.86. The number of alkyl halides is 2. The molecule has 1 aliphatic rings. The molecule has 1 fully saturated rings. The summed E-state index contributed by atoms with van der Waals surface area (Å²) in [6.07, 6.45) is -0.451. The topological polar surface area (TPSA) is 46.2 Å². The zero-order valence-corrected chi connectivity index (χ0v) is 5.56. The van der Waals surface area contributed by atoms with Gasteiger partial charge in [-0.05, 0) is 12.8 Å². The van der Waals surface area contributed by atoms with Crippen molar-refractivity contribution in [1.29, 1.82) is 0 Å². The van der Waals surface area contributed by atoms with Gasteiger partial charge in [-0.15, -0.1) is 0 Å². The highest BCUT2D eigenvalue weighted by Crippen LogP contribution is 2.32. The van der Waals surface area contributed by atoms with Crippen LogP contribution in [0.25, 0.3) is 0 Å². The van der Waals surface area contributed by atoms with E-state index in [1.807, 2.05) is 0 Å². The average molecular weight is 151 g/mol. The number of aliphatic hydroxyl groups excluding tert-OH is 1. The molecule has 2 nitrogen and oxygen atoms in total. The molecule has 1 aliphatic carbocycles. The van der Waals surface area contributed by atoms with Crippen LogP contribution in [0.3, 0.4) is 0 Å². The first-order valence-corrected chi connectivity index (χ1v) is 3.35. The van der Waals surface area contributed by atoms with Crippen LogP contribution in [0.15, 0.2) is 0 Å². The van der Waals surface area contributed by atoms with Gasteiger partial charge >= 0.3 is 0 Å². The maximum Gasteiger partial charge on any atom is 0.265 e. The van der Waals surface area contributed by atoms with Crippen LogP contribution < -0.4 is 5.73 Å². The number of halogens is 2. The molecule has 4 heteroatoms. The van der Waals surface area contributed by atoms with E-state index in [4.69, 9.17) is 10.8 Å². The highest BCUT2D eigenvalue weighted by Gasteiger charge is 2.43. The van der Waals surface area contributed by atoms with Crippen LogP contribution in [-0.4, -0.2) is 23.2 Å². The fraction of sp³-hybridized carbons (Fsp3) is 1.00. The van der Waals surface area contributed by atoms with E-state index in [2.05, 4.69) is 0 Å². The van der Waals surface area contributed by atoms with Gasteiger partial charge in [0.05, 0.1) is 12.1 Å². The second-order valence-corrected chi connectivity index (χ2v) is 2.75. The lowest BCUT2D eigenvalue weighted by atomic mass is 9.90. The zero-order valence-electron chi connectivity index (χ0n) is 5.56. The van der Waals surface area contributed by atoms with Gasteiger partial charge in [0.1, 0.15) is 0 Å². The van der Waals surface area contributed by atoms with E-state index in [0.29, 0.717) is 12.8 Å². The van der Waals surface area contributed by atoms with Gasteiger partial charge in [0.15, 0.2) is 0 Å². The van der Waals surface area contributed by atoms with Crippen LogP contribution >= 0.6 is 0 Å². The van der Waals surface area contributed by atoms with Crippen molar-refractivity contribution in [2.75, 3.05) is 0 Å². The largest absolute Gasteiger partial charge is 0.391 e. The van der Waals surface area contributed by atoms with E-state index in [1.165, 1.54) is 0 Å². The van der Waals surface area contributed by atoms with Gasteiger partial charge < -0.3 is 10.8 Å². The predicted octanol–water partition coefficient (Wildman–Crippen LogP) is 0.494. The molecule has 2 atom stereocenters. The molecule has 10 heavy (non-hydrogen) atoms. The SMILES string of the molecule is N[C@@H]1[C@H](O)CCCC1(F)F. The van der Waals surface area contributed by atoms with Crippen molar-refractivity contribution in [3.63, 3.8) is 0 Å². The summed E-state index contributed by atoms with van der Waals surface area (Å²) in [4.78, 5) is 0. The van der Waals surface area contributed by atoms with Crippen molar-refractivity contribution in [3.05, 3.63) is 0 Å². The van der Waals surface area contributed by atoms with Crippen molar-refractivity contribution in [2.24, 2.45) is 5.73 Å². The summed E-state index contributed by atoms with van der Waals surface area (Å²) < 4.78 is 25.1. The molecule has 0 amide bonds. The molecule has 0 spiro atoms. The minimum atomic E-state index is -2.86. The Balaban J connectivity index is 2.60. The minimum absolute atomic E-state index is 0.189. The van der Waals surface area contributed by atoms with Crippen LogP contribution in [0.2, 0.25) is 0 Å². The second-order valence-electron chi connectivity index (χ2n) is 2.75. The lowest BCUT2D eigenvalue weighted by molar-refractivity contribution is -0.0953. The Morgan fingerprint density at radius 3 is 2.50 bits per heavy atom. The van der Waals surface area contributed by atoms with Crippen molar-refractivity contribution in [2.45, 2.75) is 37.3 Å². The lowest BCUT2D eigenvalue weighted by Gasteiger charge is -2.32. The first-order chi connectivity index (χ1) is 4.54. The number of hydrogen-bond donors (Lipinski definition) is 2. The lowest BCUT2D eigenvalue weighted by Crippen LogP contribution is -2.52. The summed E-state index contributed by atoms with van der Waals surface area (Å²) in [6, 6.07) is -1.36. The molecule has 0 saturated heterocycles. The highest BCUT2D eigenvalue weighted by molar-refractivity contribution is 4.90. The van der Waals surface area contributed by atoms with E-state index in [-0.39, 0.29) is 6.42 Å². The van der Waals surface area contributed by atoms with Gasteiger partial charge in [-0.25, -0.2) is 8.78 Å². The molecule has 1 saturated carbocycles. The number of nitrogens with two attached hydrogens (primary N) is 1. The van der Waals surface area contributed by atoms with E-state index < -0.39 is 18.1 Å². The smallest absolute Gasteiger partial charge is 0.265 e. The van der Waals surface area contributed by atoms with Gasteiger partial charge in [-0.1, -0.05) is 0 Å². The highest BCUT2D eigenvalue weighted by atomic mass is 19.3. The maximum absolute atomic E-state index is 12.6. The normalized spacial score (nSPS) is 39.6. The Morgan fingerprint density at radius 2 is 2.10 bits per heavy atom. The molecule has 0 unspecified atom stereocenters. The zero-order chi connectivity index (χ0) is 7.78. The molecule has 0 heterocycles. The Morgan fingerprint density at radius 1 is 1.50 bits per heavy atom. The van der Waals surface area contributed by atoms with Crippen LogP contribution in [0.4, 0.5) is 8.78 Å². The number of hydrogen-bond acceptors (Lipinski definition) is 2. The Bertz CT molecular complexity index is 129.